The lowest BCUT2D eigenvalue weighted by molar-refractivity contribution is -0.00937. The molecule has 0 radical (unpaired) electrons. The Morgan fingerprint density at radius 2 is 1.95 bits per heavy atom. The summed E-state index contributed by atoms with van der Waals surface area (Å²) in [4.78, 5) is 7.88. The molecule has 0 saturated heterocycles. The van der Waals surface area contributed by atoms with Crippen LogP contribution in [-0.2, 0) is 4.74 Å². The lowest BCUT2D eigenvalue weighted by Crippen LogP contribution is -2.34. The normalized spacial score (nSPS) is 15.2. The molecule has 0 amide bonds. The van der Waals surface area contributed by atoms with Gasteiger partial charge in [-0.2, -0.15) is 0 Å². The van der Waals surface area contributed by atoms with Crippen LogP contribution in [0.15, 0.2) is 0 Å². The summed E-state index contributed by atoms with van der Waals surface area (Å²) in [5.74, 6) is 0. The second-order valence-electron chi connectivity index (χ2n) is 5.33. The van der Waals surface area contributed by atoms with E-state index < -0.39 is 6.10 Å². The van der Waals surface area contributed by atoms with E-state index in [0.717, 1.165) is 10.7 Å². The van der Waals surface area contributed by atoms with Crippen LogP contribution in [0.25, 0.3) is 0 Å². The van der Waals surface area contributed by atoms with E-state index in [9.17, 15) is 5.11 Å². The van der Waals surface area contributed by atoms with Gasteiger partial charge >= 0.3 is 0 Å². The number of ether oxygens (including phenoxy) is 1. The smallest absolute Gasteiger partial charge is 0.0900 e. The molecule has 1 N–H and O–H groups in total. The maximum Gasteiger partial charge on any atom is 0.0900 e. The Labute approximate surface area is 120 Å². The molecule has 0 aliphatic carbocycles. The molecule has 0 saturated carbocycles. The Balaban J connectivity index is 2.53. The number of aryl methyl sites for hydroxylation is 2. The minimum Gasteiger partial charge on any atom is -0.389 e. The maximum atomic E-state index is 9.96. The molecule has 0 fully saturated rings. The third-order valence-corrected chi connectivity index (χ3v) is 4.34. The first-order chi connectivity index (χ1) is 8.81. The summed E-state index contributed by atoms with van der Waals surface area (Å²) in [6.45, 7) is 11.2. The highest BCUT2D eigenvalue weighted by Crippen LogP contribution is 2.28. The second kappa shape index (κ2) is 7.33. The Hall–Kier alpha value is -0.490. The molecule has 2 unspecified atom stereocenters. The van der Waals surface area contributed by atoms with Gasteiger partial charge in [0.1, 0.15) is 0 Å². The standard InChI is InChI=1S/C14H26N2O2S/c1-9(2)18-8-13(17)7-16(6)11(4)14-10(3)15-12(5)19-14/h9,11,13,17H,7-8H2,1-6H3. The molecule has 5 heteroatoms. The van der Waals surface area contributed by atoms with E-state index in [2.05, 4.69) is 16.8 Å². The van der Waals surface area contributed by atoms with E-state index >= 15 is 0 Å². The van der Waals surface area contributed by atoms with Gasteiger partial charge in [-0.05, 0) is 41.7 Å². The Morgan fingerprint density at radius 1 is 1.32 bits per heavy atom. The van der Waals surface area contributed by atoms with Gasteiger partial charge in [0.25, 0.3) is 0 Å². The fourth-order valence-electron chi connectivity index (χ4n) is 1.98. The van der Waals surface area contributed by atoms with Crippen molar-refractivity contribution in [3.05, 3.63) is 15.6 Å². The third kappa shape index (κ3) is 5.18. The minimum absolute atomic E-state index is 0.156. The molecule has 1 heterocycles. The molecule has 1 aromatic rings. The van der Waals surface area contributed by atoms with E-state index in [1.807, 2.05) is 34.7 Å². The molecule has 0 aromatic carbocycles. The van der Waals surface area contributed by atoms with Crippen molar-refractivity contribution in [3.63, 3.8) is 0 Å². The molecule has 0 bridgehead atoms. The van der Waals surface area contributed by atoms with Crippen molar-refractivity contribution in [2.75, 3.05) is 20.2 Å². The van der Waals surface area contributed by atoms with Gasteiger partial charge in [-0.25, -0.2) is 4.98 Å². The lowest BCUT2D eigenvalue weighted by atomic mass is 10.2. The first-order valence-corrected chi connectivity index (χ1v) is 7.56. The summed E-state index contributed by atoms with van der Waals surface area (Å²) in [5, 5.41) is 11.1. The van der Waals surface area contributed by atoms with Crippen molar-refractivity contribution in [2.24, 2.45) is 0 Å². The summed E-state index contributed by atoms with van der Waals surface area (Å²) in [5.41, 5.74) is 1.09. The van der Waals surface area contributed by atoms with Crippen LogP contribution in [0.3, 0.4) is 0 Å². The fraction of sp³-hybridized carbons (Fsp3) is 0.786. The molecule has 0 aliphatic rings. The molecular formula is C14H26N2O2S. The zero-order valence-electron chi connectivity index (χ0n) is 12.8. The van der Waals surface area contributed by atoms with Crippen LogP contribution in [0, 0.1) is 13.8 Å². The van der Waals surface area contributed by atoms with Crippen LogP contribution in [0.1, 0.15) is 42.4 Å². The fourth-order valence-corrected chi connectivity index (χ4v) is 3.03. The van der Waals surface area contributed by atoms with Crippen LogP contribution >= 0.6 is 11.3 Å². The van der Waals surface area contributed by atoms with Crippen LogP contribution in [0.2, 0.25) is 0 Å². The quantitative estimate of drug-likeness (QED) is 0.836. The lowest BCUT2D eigenvalue weighted by Gasteiger charge is -2.26. The largest absolute Gasteiger partial charge is 0.389 e. The van der Waals surface area contributed by atoms with Crippen molar-refractivity contribution >= 4 is 11.3 Å². The topological polar surface area (TPSA) is 45.6 Å². The molecule has 1 rings (SSSR count). The van der Waals surface area contributed by atoms with Gasteiger partial charge in [0.2, 0.25) is 0 Å². The third-order valence-electron chi connectivity index (χ3n) is 3.10. The summed E-state index contributed by atoms with van der Waals surface area (Å²) in [6, 6.07) is 0.264. The van der Waals surface area contributed by atoms with Crippen LogP contribution in [0.4, 0.5) is 0 Å². The number of likely N-dealkylation sites (N-methyl/N-ethyl adjacent to an activating group) is 1. The van der Waals surface area contributed by atoms with Crippen LogP contribution in [-0.4, -0.2) is 47.4 Å². The molecule has 2 atom stereocenters. The number of aliphatic hydroxyl groups is 1. The predicted molar refractivity (Wildman–Crippen MR) is 79.7 cm³/mol. The molecule has 0 spiro atoms. The number of hydrogen-bond donors (Lipinski definition) is 1. The van der Waals surface area contributed by atoms with Crippen molar-refractivity contribution < 1.29 is 9.84 Å². The number of aromatic nitrogens is 1. The minimum atomic E-state index is -0.454. The van der Waals surface area contributed by atoms with Gasteiger partial charge < -0.3 is 9.84 Å². The van der Waals surface area contributed by atoms with Gasteiger partial charge in [0.05, 0.1) is 29.5 Å². The van der Waals surface area contributed by atoms with E-state index in [1.54, 1.807) is 11.3 Å². The summed E-state index contributed by atoms with van der Waals surface area (Å²) in [7, 11) is 2.03. The number of aliphatic hydroxyl groups excluding tert-OH is 1. The first-order valence-electron chi connectivity index (χ1n) is 6.75. The van der Waals surface area contributed by atoms with Crippen LogP contribution in [0.5, 0.6) is 0 Å². The zero-order valence-corrected chi connectivity index (χ0v) is 13.6. The van der Waals surface area contributed by atoms with Crippen molar-refractivity contribution in [2.45, 2.75) is 52.9 Å². The van der Waals surface area contributed by atoms with Gasteiger partial charge in [0.15, 0.2) is 0 Å². The number of thiazole rings is 1. The Kier molecular flexibility index (Phi) is 6.39. The highest BCUT2D eigenvalue weighted by atomic mass is 32.1. The van der Waals surface area contributed by atoms with Crippen molar-refractivity contribution in [1.29, 1.82) is 0 Å². The van der Waals surface area contributed by atoms with Crippen LogP contribution < -0.4 is 0 Å². The monoisotopic (exact) mass is 286 g/mol. The maximum absolute atomic E-state index is 9.96. The van der Waals surface area contributed by atoms with Crippen molar-refractivity contribution in [3.8, 4) is 0 Å². The van der Waals surface area contributed by atoms with Crippen molar-refractivity contribution in [1.82, 2.24) is 9.88 Å². The van der Waals surface area contributed by atoms with Gasteiger partial charge in [-0.1, -0.05) is 0 Å². The molecule has 110 valence electrons. The van der Waals surface area contributed by atoms with E-state index in [0.29, 0.717) is 13.2 Å². The first kappa shape index (κ1) is 16.6. The van der Waals surface area contributed by atoms with E-state index in [-0.39, 0.29) is 12.1 Å². The Bertz CT molecular complexity index is 393. The predicted octanol–water partition coefficient (Wildman–Crippen LogP) is 2.54. The highest BCUT2D eigenvalue weighted by Gasteiger charge is 2.19. The van der Waals surface area contributed by atoms with E-state index in [1.165, 1.54) is 4.88 Å². The average molecular weight is 286 g/mol. The number of rotatable bonds is 7. The molecule has 4 nitrogen and oxygen atoms in total. The Morgan fingerprint density at radius 3 is 2.42 bits per heavy atom. The highest BCUT2D eigenvalue weighted by molar-refractivity contribution is 7.11. The molecular weight excluding hydrogens is 260 g/mol. The number of hydrogen-bond acceptors (Lipinski definition) is 5. The molecule has 1 aromatic heterocycles. The van der Waals surface area contributed by atoms with Gasteiger partial charge in [-0.3, -0.25) is 4.90 Å². The SMILES string of the molecule is Cc1nc(C)c(C(C)N(C)CC(O)COC(C)C)s1. The molecule has 0 aliphatic heterocycles. The summed E-state index contributed by atoms with van der Waals surface area (Å²) < 4.78 is 5.43. The van der Waals surface area contributed by atoms with Gasteiger partial charge in [0, 0.05) is 17.5 Å². The summed E-state index contributed by atoms with van der Waals surface area (Å²) in [6.07, 6.45) is -0.298. The molecule has 19 heavy (non-hydrogen) atoms. The van der Waals surface area contributed by atoms with E-state index in [4.69, 9.17) is 4.74 Å². The second-order valence-corrected chi connectivity index (χ2v) is 6.57. The van der Waals surface area contributed by atoms with Gasteiger partial charge in [-0.15, -0.1) is 11.3 Å². The average Bonchev–Trinajstić information content (AvgIpc) is 2.64. The number of nitrogens with zero attached hydrogens (tertiary/aromatic N) is 2. The zero-order chi connectivity index (χ0) is 14.6. The summed E-state index contributed by atoms with van der Waals surface area (Å²) >= 11 is 1.73.